The number of hydrogen-bond donors (Lipinski definition) is 0. The van der Waals surface area contributed by atoms with Crippen LogP contribution in [-0.2, 0) is 0 Å². The Kier molecular flexibility index (Phi) is 11.9. The second-order valence-electron chi connectivity index (χ2n) is 5.69. The van der Waals surface area contributed by atoms with Crippen LogP contribution in [0.4, 0.5) is 4.39 Å². The average Bonchev–Trinajstić information content (AvgIpc) is 2.40. The summed E-state index contributed by atoms with van der Waals surface area (Å²) in [5.41, 5.74) is 0. The molecule has 2 heteroatoms. The summed E-state index contributed by atoms with van der Waals surface area (Å²) in [6.45, 7) is 11.8. The molecule has 0 atom stereocenters. The minimum Gasteiger partial charge on any atom is -0.324 e. The third-order valence-corrected chi connectivity index (χ3v) is 3.97. The van der Waals surface area contributed by atoms with E-state index in [2.05, 4.69) is 20.8 Å². The Morgan fingerprint density at radius 1 is 0.611 bits per heavy atom. The van der Waals surface area contributed by atoms with Crippen LogP contribution in [0.2, 0.25) is 0 Å². The number of alkyl halides is 1. The van der Waals surface area contributed by atoms with Crippen molar-refractivity contribution in [1.82, 2.24) is 0 Å². The third-order valence-electron chi connectivity index (χ3n) is 3.97. The van der Waals surface area contributed by atoms with E-state index < -0.39 is 0 Å². The van der Waals surface area contributed by atoms with E-state index in [1.807, 2.05) is 0 Å². The van der Waals surface area contributed by atoms with Gasteiger partial charge in [-0.1, -0.05) is 40.0 Å². The van der Waals surface area contributed by atoms with Crippen LogP contribution in [0, 0.1) is 0 Å². The highest BCUT2D eigenvalue weighted by Gasteiger charge is 2.24. The van der Waals surface area contributed by atoms with Crippen LogP contribution in [0.15, 0.2) is 0 Å². The lowest BCUT2D eigenvalue weighted by molar-refractivity contribution is -0.929. The van der Waals surface area contributed by atoms with E-state index in [9.17, 15) is 4.39 Å². The van der Waals surface area contributed by atoms with E-state index >= 15 is 0 Å². The van der Waals surface area contributed by atoms with E-state index in [0.29, 0.717) is 0 Å². The van der Waals surface area contributed by atoms with Crippen molar-refractivity contribution in [3.63, 3.8) is 0 Å². The fourth-order valence-electron chi connectivity index (χ4n) is 2.69. The molecular weight excluding hydrogens is 225 g/mol. The molecule has 0 N–H and O–H groups in total. The Balaban J connectivity index is 4.41. The lowest BCUT2D eigenvalue weighted by atomic mass is 10.1. The molecule has 0 amide bonds. The van der Waals surface area contributed by atoms with Crippen molar-refractivity contribution in [3.05, 3.63) is 0 Å². The summed E-state index contributed by atoms with van der Waals surface area (Å²) >= 11 is 0. The molecule has 0 saturated carbocycles. The van der Waals surface area contributed by atoms with Crippen molar-refractivity contribution < 1.29 is 8.87 Å². The van der Waals surface area contributed by atoms with Gasteiger partial charge in [-0.3, -0.25) is 4.39 Å². The summed E-state index contributed by atoms with van der Waals surface area (Å²) in [6.07, 6.45) is 9.62. The van der Waals surface area contributed by atoms with Gasteiger partial charge in [-0.2, -0.15) is 0 Å². The van der Waals surface area contributed by atoms with E-state index in [1.165, 1.54) is 69.2 Å². The highest BCUT2D eigenvalue weighted by Crippen LogP contribution is 2.16. The van der Waals surface area contributed by atoms with Crippen molar-refractivity contribution in [3.8, 4) is 0 Å². The highest BCUT2D eigenvalue weighted by atomic mass is 19.1. The number of halogens is 1. The zero-order chi connectivity index (χ0) is 13.7. The first-order valence-corrected chi connectivity index (χ1v) is 8.15. The molecule has 0 unspecified atom stereocenters. The van der Waals surface area contributed by atoms with Gasteiger partial charge >= 0.3 is 0 Å². The number of unbranched alkanes of at least 4 members (excludes halogenated alkanes) is 4. The Labute approximate surface area is 114 Å². The molecule has 110 valence electrons. The van der Waals surface area contributed by atoms with Gasteiger partial charge in [0, 0.05) is 0 Å². The van der Waals surface area contributed by atoms with Gasteiger partial charge in [0.05, 0.1) is 32.9 Å². The largest absolute Gasteiger partial charge is 0.324 e. The molecule has 0 bridgehead atoms. The maximum Gasteiger partial charge on any atom is 0.0896 e. The molecule has 0 aromatic rings. The summed E-state index contributed by atoms with van der Waals surface area (Å²) in [6, 6.07) is 0. The van der Waals surface area contributed by atoms with Gasteiger partial charge in [0.1, 0.15) is 0 Å². The van der Waals surface area contributed by atoms with Gasteiger partial charge in [-0.25, -0.2) is 0 Å². The van der Waals surface area contributed by atoms with Gasteiger partial charge in [-0.15, -0.1) is 0 Å². The predicted octanol–water partition coefficient (Wildman–Crippen LogP) is 4.95. The van der Waals surface area contributed by atoms with E-state index in [-0.39, 0.29) is 6.67 Å². The van der Waals surface area contributed by atoms with Crippen molar-refractivity contribution in [1.29, 1.82) is 0 Å². The maximum absolute atomic E-state index is 12.3. The minimum absolute atomic E-state index is 0.144. The molecule has 0 fully saturated rings. The topological polar surface area (TPSA) is 0 Å². The molecule has 0 aliphatic heterocycles. The van der Waals surface area contributed by atoms with Gasteiger partial charge in [0.15, 0.2) is 0 Å². The first kappa shape index (κ1) is 17.9. The zero-order valence-corrected chi connectivity index (χ0v) is 13.0. The second-order valence-corrected chi connectivity index (χ2v) is 5.69. The molecule has 0 aromatic carbocycles. The monoisotopic (exact) mass is 260 g/mol. The van der Waals surface area contributed by atoms with Crippen LogP contribution in [0.5, 0.6) is 0 Å². The quantitative estimate of drug-likeness (QED) is 0.324. The van der Waals surface area contributed by atoms with E-state index in [4.69, 9.17) is 0 Å². The summed E-state index contributed by atoms with van der Waals surface area (Å²) in [5.74, 6) is 0. The Hall–Kier alpha value is -0.110. The van der Waals surface area contributed by atoms with Gasteiger partial charge in [0.2, 0.25) is 0 Å². The molecule has 1 nitrogen and oxygen atoms in total. The van der Waals surface area contributed by atoms with Crippen molar-refractivity contribution in [2.45, 2.75) is 72.1 Å². The third kappa shape index (κ3) is 8.07. The van der Waals surface area contributed by atoms with Crippen LogP contribution in [0.1, 0.15) is 72.1 Å². The Morgan fingerprint density at radius 3 is 1.33 bits per heavy atom. The van der Waals surface area contributed by atoms with Gasteiger partial charge in [0.25, 0.3) is 0 Å². The average molecular weight is 260 g/mol. The SMILES string of the molecule is CCCC[N+](CCCC)(CCCC)CCCCF. The van der Waals surface area contributed by atoms with Gasteiger partial charge in [-0.05, 0) is 32.1 Å². The molecule has 0 saturated heterocycles. The minimum atomic E-state index is -0.144. The standard InChI is InChI=1S/C16H35FN/c1-4-7-13-18(14-8-5-2,15-9-6-3)16-11-10-12-17/h4-16H2,1-3H3/q+1. The van der Waals surface area contributed by atoms with Crippen LogP contribution in [-0.4, -0.2) is 37.3 Å². The lowest BCUT2D eigenvalue weighted by Crippen LogP contribution is -2.50. The van der Waals surface area contributed by atoms with Gasteiger partial charge < -0.3 is 4.48 Å². The number of rotatable bonds is 13. The van der Waals surface area contributed by atoms with E-state index in [1.54, 1.807) is 0 Å². The lowest BCUT2D eigenvalue weighted by Gasteiger charge is -2.39. The molecular formula is C16H35FN+. The molecule has 0 spiro atoms. The molecule has 0 heterocycles. The summed E-state index contributed by atoms with van der Waals surface area (Å²) < 4.78 is 13.6. The molecule has 0 radical (unpaired) electrons. The maximum atomic E-state index is 12.3. The predicted molar refractivity (Wildman–Crippen MR) is 79.7 cm³/mol. The number of quaternary nitrogens is 1. The van der Waals surface area contributed by atoms with Crippen LogP contribution in [0.25, 0.3) is 0 Å². The smallest absolute Gasteiger partial charge is 0.0896 e. The molecule has 0 aromatic heterocycles. The fourth-order valence-corrected chi connectivity index (χ4v) is 2.69. The summed E-state index contributed by atoms with van der Waals surface area (Å²) in [7, 11) is 0. The Bertz CT molecular complexity index is 149. The Morgan fingerprint density at radius 2 is 1.00 bits per heavy atom. The van der Waals surface area contributed by atoms with Crippen molar-refractivity contribution >= 4 is 0 Å². The highest BCUT2D eigenvalue weighted by molar-refractivity contribution is 4.50. The second kappa shape index (κ2) is 12.0. The van der Waals surface area contributed by atoms with Crippen LogP contribution >= 0.6 is 0 Å². The molecule has 0 aliphatic rings. The van der Waals surface area contributed by atoms with Crippen molar-refractivity contribution in [2.24, 2.45) is 0 Å². The normalized spacial score (nSPS) is 12.0. The van der Waals surface area contributed by atoms with E-state index in [0.717, 1.165) is 12.8 Å². The van der Waals surface area contributed by atoms with Crippen LogP contribution in [0.3, 0.4) is 0 Å². The van der Waals surface area contributed by atoms with Crippen molar-refractivity contribution in [2.75, 3.05) is 32.9 Å². The molecule has 18 heavy (non-hydrogen) atoms. The first-order chi connectivity index (χ1) is 8.74. The first-order valence-electron chi connectivity index (χ1n) is 8.15. The fraction of sp³-hybridized carbons (Fsp3) is 1.00. The number of nitrogens with zero attached hydrogens (tertiary/aromatic N) is 1. The number of hydrogen-bond acceptors (Lipinski definition) is 0. The van der Waals surface area contributed by atoms with Crippen LogP contribution < -0.4 is 0 Å². The molecule has 0 aliphatic carbocycles. The molecule has 0 rings (SSSR count). The zero-order valence-electron chi connectivity index (χ0n) is 13.0. The summed E-state index contributed by atoms with van der Waals surface area (Å²) in [4.78, 5) is 0. The summed E-state index contributed by atoms with van der Waals surface area (Å²) in [5, 5.41) is 0.